The zero-order valence-electron chi connectivity index (χ0n) is 11.0. The molecular weight excluding hydrogens is 320 g/mol. The maximum Gasteiger partial charge on any atom is 0.311 e. The van der Waals surface area contributed by atoms with E-state index in [-0.39, 0.29) is 0 Å². The molecule has 0 saturated carbocycles. The van der Waals surface area contributed by atoms with Crippen LogP contribution in [0.5, 0.6) is 5.75 Å². The molecule has 0 aliphatic heterocycles. The number of carboxylic acids is 1. The summed E-state index contributed by atoms with van der Waals surface area (Å²) in [4.78, 5) is 11.5. The van der Waals surface area contributed by atoms with Gasteiger partial charge in [-0.3, -0.25) is 4.79 Å². The van der Waals surface area contributed by atoms with Crippen LogP contribution in [0.15, 0.2) is 53.0 Å². The molecule has 0 fully saturated rings. The van der Waals surface area contributed by atoms with Crippen molar-refractivity contribution in [3.63, 3.8) is 0 Å². The van der Waals surface area contributed by atoms with E-state index >= 15 is 0 Å². The number of methoxy groups -OCH3 is 1. The lowest BCUT2D eigenvalue weighted by Crippen LogP contribution is -2.14. The van der Waals surface area contributed by atoms with Crippen LogP contribution in [0.2, 0.25) is 0 Å². The predicted molar refractivity (Wildman–Crippen MR) is 81.2 cm³/mol. The number of hydrogen-bond acceptors (Lipinski definition) is 2. The van der Waals surface area contributed by atoms with Gasteiger partial charge in [-0.05, 0) is 41.8 Å². The van der Waals surface area contributed by atoms with Crippen LogP contribution in [0.25, 0.3) is 0 Å². The van der Waals surface area contributed by atoms with Crippen molar-refractivity contribution in [3.05, 3.63) is 64.1 Å². The standard InChI is InChI=1S/C16H15BrO3/c1-20-14-4-2-3-12(10-14)15(16(18)19)9-11-5-7-13(17)8-6-11/h2-8,10,15H,9H2,1H3,(H,18,19). The zero-order chi connectivity index (χ0) is 14.5. The number of ether oxygens (including phenoxy) is 1. The van der Waals surface area contributed by atoms with Crippen molar-refractivity contribution < 1.29 is 14.6 Å². The van der Waals surface area contributed by atoms with Gasteiger partial charge in [-0.15, -0.1) is 0 Å². The van der Waals surface area contributed by atoms with Crippen LogP contribution in [0, 0.1) is 0 Å². The van der Waals surface area contributed by atoms with Crippen molar-refractivity contribution in [3.8, 4) is 5.75 Å². The Morgan fingerprint density at radius 3 is 2.55 bits per heavy atom. The number of hydrogen-bond donors (Lipinski definition) is 1. The second kappa shape index (κ2) is 6.57. The topological polar surface area (TPSA) is 46.5 Å². The van der Waals surface area contributed by atoms with Gasteiger partial charge in [0.15, 0.2) is 0 Å². The maximum atomic E-state index is 11.5. The lowest BCUT2D eigenvalue weighted by Gasteiger charge is -2.14. The number of carboxylic acid groups (broad SMARTS) is 1. The van der Waals surface area contributed by atoms with Crippen molar-refractivity contribution in [2.24, 2.45) is 0 Å². The minimum Gasteiger partial charge on any atom is -0.497 e. The number of carbonyl (C=O) groups is 1. The first-order chi connectivity index (χ1) is 9.60. The summed E-state index contributed by atoms with van der Waals surface area (Å²) in [5.41, 5.74) is 1.74. The fourth-order valence-electron chi connectivity index (χ4n) is 2.06. The molecule has 104 valence electrons. The second-order valence-corrected chi connectivity index (χ2v) is 5.41. The van der Waals surface area contributed by atoms with Crippen LogP contribution in [0.1, 0.15) is 17.0 Å². The van der Waals surface area contributed by atoms with E-state index in [0.717, 1.165) is 15.6 Å². The van der Waals surface area contributed by atoms with Crippen molar-refractivity contribution >= 4 is 21.9 Å². The summed E-state index contributed by atoms with van der Waals surface area (Å²) in [5, 5.41) is 9.46. The van der Waals surface area contributed by atoms with Gasteiger partial charge in [0.05, 0.1) is 13.0 Å². The van der Waals surface area contributed by atoms with Crippen LogP contribution in [-0.4, -0.2) is 18.2 Å². The van der Waals surface area contributed by atoms with Gasteiger partial charge in [-0.2, -0.15) is 0 Å². The van der Waals surface area contributed by atoms with Gasteiger partial charge in [-0.1, -0.05) is 40.2 Å². The summed E-state index contributed by atoms with van der Waals surface area (Å²) in [7, 11) is 1.57. The van der Waals surface area contributed by atoms with Gasteiger partial charge in [0.2, 0.25) is 0 Å². The molecule has 4 heteroatoms. The molecule has 3 nitrogen and oxygen atoms in total. The first-order valence-corrected chi connectivity index (χ1v) is 7.00. The van der Waals surface area contributed by atoms with Crippen molar-refractivity contribution in [1.82, 2.24) is 0 Å². The highest BCUT2D eigenvalue weighted by atomic mass is 79.9. The van der Waals surface area contributed by atoms with Gasteiger partial charge in [-0.25, -0.2) is 0 Å². The third kappa shape index (κ3) is 3.61. The smallest absolute Gasteiger partial charge is 0.311 e. The number of benzene rings is 2. The Hall–Kier alpha value is -1.81. The lowest BCUT2D eigenvalue weighted by molar-refractivity contribution is -0.138. The lowest BCUT2D eigenvalue weighted by atomic mass is 9.92. The van der Waals surface area contributed by atoms with Crippen molar-refractivity contribution in [2.45, 2.75) is 12.3 Å². The molecule has 1 atom stereocenters. The van der Waals surface area contributed by atoms with E-state index in [9.17, 15) is 9.90 Å². The molecule has 0 spiro atoms. The van der Waals surface area contributed by atoms with E-state index < -0.39 is 11.9 Å². The average Bonchev–Trinajstić information content (AvgIpc) is 2.46. The molecule has 0 saturated heterocycles. The Morgan fingerprint density at radius 1 is 1.25 bits per heavy atom. The summed E-state index contributed by atoms with van der Waals surface area (Å²) >= 11 is 3.37. The zero-order valence-corrected chi connectivity index (χ0v) is 12.6. The quantitative estimate of drug-likeness (QED) is 0.902. The molecule has 0 amide bonds. The Morgan fingerprint density at radius 2 is 1.95 bits per heavy atom. The van der Waals surface area contributed by atoms with Gasteiger partial charge < -0.3 is 9.84 Å². The van der Waals surface area contributed by atoms with Crippen LogP contribution < -0.4 is 4.74 Å². The molecule has 0 radical (unpaired) electrons. The van der Waals surface area contributed by atoms with Gasteiger partial charge in [0.1, 0.15) is 5.75 Å². The first kappa shape index (κ1) is 14.6. The van der Waals surface area contributed by atoms with Crippen LogP contribution in [0.4, 0.5) is 0 Å². The fourth-order valence-corrected chi connectivity index (χ4v) is 2.33. The molecule has 0 aliphatic rings. The molecule has 0 bridgehead atoms. The molecule has 1 N–H and O–H groups in total. The molecule has 2 aromatic rings. The molecule has 1 unspecified atom stereocenters. The molecule has 2 aromatic carbocycles. The number of halogens is 1. The summed E-state index contributed by atoms with van der Waals surface area (Å²) in [6, 6.07) is 14.9. The fraction of sp³-hybridized carbons (Fsp3) is 0.188. The minimum absolute atomic E-state index is 0.454. The molecule has 20 heavy (non-hydrogen) atoms. The minimum atomic E-state index is -0.832. The Labute approximate surface area is 126 Å². The Kier molecular flexibility index (Phi) is 4.79. The van der Waals surface area contributed by atoms with Gasteiger partial charge in [0.25, 0.3) is 0 Å². The van der Waals surface area contributed by atoms with Crippen LogP contribution in [0.3, 0.4) is 0 Å². The SMILES string of the molecule is COc1cccc(C(Cc2ccc(Br)cc2)C(=O)O)c1. The molecular formula is C16H15BrO3. The highest BCUT2D eigenvalue weighted by molar-refractivity contribution is 9.10. The third-order valence-corrected chi connectivity index (χ3v) is 3.68. The highest BCUT2D eigenvalue weighted by Gasteiger charge is 2.20. The number of rotatable bonds is 5. The summed E-state index contributed by atoms with van der Waals surface area (Å²) < 4.78 is 6.13. The van der Waals surface area contributed by atoms with E-state index in [1.54, 1.807) is 13.2 Å². The maximum absolute atomic E-state index is 11.5. The van der Waals surface area contributed by atoms with Crippen molar-refractivity contribution in [2.75, 3.05) is 7.11 Å². The first-order valence-electron chi connectivity index (χ1n) is 6.21. The molecule has 0 aliphatic carbocycles. The summed E-state index contributed by atoms with van der Waals surface area (Å²) in [6.07, 6.45) is 0.454. The van der Waals surface area contributed by atoms with E-state index in [1.807, 2.05) is 42.5 Å². The second-order valence-electron chi connectivity index (χ2n) is 4.50. The normalized spacial score (nSPS) is 11.9. The van der Waals surface area contributed by atoms with E-state index in [0.29, 0.717) is 12.2 Å². The monoisotopic (exact) mass is 334 g/mol. The van der Waals surface area contributed by atoms with Crippen molar-refractivity contribution in [1.29, 1.82) is 0 Å². The van der Waals surface area contributed by atoms with Crippen LogP contribution in [-0.2, 0) is 11.2 Å². The van der Waals surface area contributed by atoms with E-state index in [1.165, 1.54) is 0 Å². The highest BCUT2D eigenvalue weighted by Crippen LogP contribution is 2.25. The Bertz CT molecular complexity index is 593. The third-order valence-electron chi connectivity index (χ3n) is 3.15. The number of aliphatic carboxylic acids is 1. The average molecular weight is 335 g/mol. The summed E-state index contributed by atoms with van der Waals surface area (Å²) in [5.74, 6) is -0.739. The van der Waals surface area contributed by atoms with Gasteiger partial charge >= 0.3 is 5.97 Å². The van der Waals surface area contributed by atoms with Gasteiger partial charge in [0, 0.05) is 4.47 Å². The van der Waals surface area contributed by atoms with E-state index in [4.69, 9.17) is 4.74 Å². The Balaban J connectivity index is 2.26. The predicted octanol–water partition coefficient (Wildman–Crippen LogP) is 3.87. The molecule has 2 rings (SSSR count). The molecule has 0 aromatic heterocycles. The molecule has 0 heterocycles. The van der Waals surface area contributed by atoms with E-state index in [2.05, 4.69) is 15.9 Å². The largest absolute Gasteiger partial charge is 0.497 e. The summed E-state index contributed by atoms with van der Waals surface area (Å²) in [6.45, 7) is 0. The van der Waals surface area contributed by atoms with Crippen LogP contribution >= 0.6 is 15.9 Å².